The van der Waals surface area contributed by atoms with E-state index in [0.29, 0.717) is 5.92 Å². The van der Waals surface area contributed by atoms with Gasteiger partial charge in [0.2, 0.25) is 0 Å². The molecule has 4 aromatic carbocycles. The second-order valence-electron chi connectivity index (χ2n) is 15.2. The van der Waals surface area contributed by atoms with Crippen molar-refractivity contribution in [1.82, 2.24) is 9.13 Å². The quantitative estimate of drug-likeness (QED) is 0.200. The number of hydrogen-bond donors (Lipinski definition) is 0. The molecule has 42 heavy (non-hydrogen) atoms. The second-order valence-corrected chi connectivity index (χ2v) is 15.2. The summed E-state index contributed by atoms with van der Waals surface area (Å²) in [5.41, 5.74) is 9.70. The zero-order chi connectivity index (χ0) is 30.2. The van der Waals surface area contributed by atoms with Crippen LogP contribution in [0.15, 0.2) is 78.9 Å². The first-order chi connectivity index (χ1) is 19.7. The Morgan fingerprint density at radius 3 is 1.81 bits per heavy atom. The highest BCUT2D eigenvalue weighted by atomic mass is 15.1. The Bertz CT molecular complexity index is 1950. The summed E-state index contributed by atoms with van der Waals surface area (Å²) in [4.78, 5) is 0. The summed E-state index contributed by atoms with van der Waals surface area (Å²) in [5, 5.41) is 5.44. The zero-order valence-corrected chi connectivity index (χ0v) is 27.4. The molecule has 0 spiro atoms. The Labute approximate surface area is 252 Å². The second kappa shape index (κ2) is 9.76. The van der Waals surface area contributed by atoms with Crippen LogP contribution in [-0.2, 0) is 22.9 Å². The molecule has 0 bridgehead atoms. The van der Waals surface area contributed by atoms with Crippen molar-refractivity contribution in [3.63, 3.8) is 0 Å². The minimum Gasteiger partial charge on any atom is -0.335 e. The Balaban J connectivity index is 1.45. The highest BCUT2D eigenvalue weighted by Gasteiger charge is 2.25. The van der Waals surface area contributed by atoms with E-state index in [9.17, 15) is 0 Å². The number of benzene rings is 4. The van der Waals surface area contributed by atoms with E-state index >= 15 is 0 Å². The van der Waals surface area contributed by atoms with Gasteiger partial charge in [-0.2, -0.15) is 0 Å². The monoisotopic (exact) mass is 556 g/mol. The maximum absolute atomic E-state index is 2.53. The molecule has 0 aliphatic rings. The number of hydrogen-bond acceptors (Lipinski definition) is 0. The van der Waals surface area contributed by atoms with Crippen LogP contribution in [-0.4, -0.2) is 9.13 Å². The van der Waals surface area contributed by atoms with Crippen molar-refractivity contribution in [3.8, 4) is 0 Å². The SMILES string of the molecule is CCC(C)(C)c1ccc2c(c1)c1cc(CC(C)c3ccc4c5ccccc5n(C(C)(C)C)c4c3)ccc1n2C(C)(C)C. The average molecular weight is 557 g/mol. The molecule has 0 aliphatic carbocycles. The lowest BCUT2D eigenvalue weighted by Crippen LogP contribution is -2.21. The summed E-state index contributed by atoms with van der Waals surface area (Å²) in [6, 6.07) is 30.4. The van der Waals surface area contributed by atoms with Gasteiger partial charge >= 0.3 is 0 Å². The molecule has 0 N–H and O–H groups in total. The van der Waals surface area contributed by atoms with Crippen LogP contribution >= 0.6 is 0 Å². The summed E-state index contributed by atoms with van der Waals surface area (Å²) < 4.78 is 5.06. The first-order valence-electron chi connectivity index (χ1n) is 15.8. The molecule has 0 amide bonds. The Kier molecular flexibility index (Phi) is 6.65. The molecule has 0 saturated heterocycles. The number of rotatable bonds is 5. The molecule has 2 heterocycles. The number of nitrogens with zero attached hydrogens (tertiary/aromatic N) is 2. The lowest BCUT2D eigenvalue weighted by Gasteiger charge is -2.26. The van der Waals surface area contributed by atoms with E-state index in [1.807, 2.05) is 0 Å². The standard InChI is InChI=1S/C40H48N2/c1-11-40(9,10)29-18-21-36-33(25-29)32-23-27(16-20-35(32)41(36)38(3,4)5)22-26(2)28-17-19-31-30-14-12-13-15-34(30)42(37(31)24-28)39(6,7)8/h12-21,23-26H,11,22H2,1-10H3. The third-order valence-corrected chi connectivity index (χ3v) is 9.65. The minimum absolute atomic E-state index is 0.000708. The normalized spacial score (nSPS) is 14.0. The number of aromatic nitrogens is 2. The molecule has 6 rings (SSSR count). The van der Waals surface area contributed by atoms with E-state index in [-0.39, 0.29) is 16.5 Å². The Hall–Kier alpha value is -3.52. The van der Waals surface area contributed by atoms with Gasteiger partial charge in [0, 0.05) is 54.7 Å². The molecule has 1 unspecified atom stereocenters. The van der Waals surface area contributed by atoms with Crippen molar-refractivity contribution >= 4 is 43.6 Å². The maximum Gasteiger partial charge on any atom is 0.0499 e. The predicted molar refractivity (Wildman–Crippen MR) is 184 cm³/mol. The van der Waals surface area contributed by atoms with E-state index in [4.69, 9.17) is 0 Å². The molecular formula is C40H48N2. The maximum atomic E-state index is 2.53. The van der Waals surface area contributed by atoms with Gasteiger partial charge in [0.05, 0.1) is 0 Å². The minimum atomic E-state index is -0.00246. The van der Waals surface area contributed by atoms with Gasteiger partial charge in [0.25, 0.3) is 0 Å². The first-order valence-corrected chi connectivity index (χ1v) is 15.8. The van der Waals surface area contributed by atoms with Crippen LogP contribution in [0, 0.1) is 0 Å². The highest BCUT2D eigenvalue weighted by molar-refractivity contribution is 6.09. The van der Waals surface area contributed by atoms with E-state index in [1.54, 1.807) is 0 Å². The first kappa shape index (κ1) is 28.6. The summed E-state index contributed by atoms with van der Waals surface area (Å²) in [5.74, 6) is 0.406. The summed E-state index contributed by atoms with van der Waals surface area (Å²) in [6.45, 7) is 23.3. The van der Waals surface area contributed by atoms with E-state index in [1.165, 1.54) is 60.3 Å². The lowest BCUT2D eigenvalue weighted by molar-refractivity contribution is 0.423. The molecule has 2 heteroatoms. The van der Waals surface area contributed by atoms with Gasteiger partial charge in [-0.25, -0.2) is 0 Å². The fourth-order valence-corrected chi connectivity index (χ4v) is 7.03. The molecule has 218 valence electrons. The fourth-order valence-electron chi connectivity index (χ4n) is 7.03. The van der Waals surface area contributed by atoms with Crippen LogP contribution in [0.4, 0.5) is 0 Å². The van der Waals surface area contributed by atoms with Crippen molar-refractivity contribution in [3.05, 3.63) is 95.6 Å². The molecule has 0 saturated carbocycles. The molecule has 6 aromatic rings. The predicted octanol–water partition coefficient (Wildman–Crippen LogP) is 11.4. The third kappa shape index (κ3) is 4.64. The smallest absolute Gasteiger partial charge is 0.0499 e. The molecule has 1 atom stereocenters. The zero-order valence-electron chi connectivity index (χ0n) is 27.4. The van der Waals surface area contributed by atoms with Gasteiger partial charge < -0.3 is 9.13 Å². The Morgan fingerprint density at radius 2 is 1.14 bits per heavy atom. The van der Waals surface area contributed by atoms with Crippen LogP contribution in [0.3, 0.4) is 0 Å². The molecule has 0 fully saturated rings. The summed E-state index contributed by atoms with van der Waals surface area (Å²) in [6.07, 6.45) is 2.14. The molecule has 0 aliphatic heterocycles. The largest absolute Gasteiger partial charge is 0.335 e. The number of para-hydroxylation sites is 1. The van der Waals surface area contributed by atoms with Gasteiger partial charge in [0.15, 0.2) is 0 Å². The van der Waals surface area contributed by atoms with Crippen molar-refractivity contribution in [2.75, 3.05) is 0 Å². The molecule has 2 aromatic heterocycles. The molecule has 0 radical (unpaired) electrons. The van der Waals surface area contributed by atoms with Crippen LogP contribution in [0.5, 0.6) is 0 Å². The average Bonchev–Trinajstić information content (AvgIpc) is 3.45. The fraction of sp³-hybridized carbons (Fsp3) is 0.400. The Morgan fingerprint density at radius 1 is 0.571 bits per heavy atom. The van der Waals surface area contributed by atoms with Gasteiger partial charge in [-0.15, -0.1) is 0 Å². The van der Waals surface area contributed by atoms with Crippen molar-refractivity contribution in [2.24, 2.45) is 0 Å². The van der Waals surface area contributed by atoms with Crippen molar-refractivity contribution in [2.45, 2.75) is 104 Å². The summed E-state index contributed by atoms with van der Waals surface area (Å²) in [7, 11) is 0. The lowest BCUT2D eigenvalue weighted by atomic mass is 9.82. The van der Waals surface area contributed by atoms with Crippen LogP contribution in [0.2, 0.25) is 0 Å². The van der Waals surface area contributed by atoms with E-state index < -0.39 is 0 Å². The van der Waals surface area contributed by atoms with E-state index in [2.05, 4.69) is 157 Å². The van der Waals surface area contributed by atoms with E-state index in [0.717, 1.165) is 12.8 Å². The van der Waals surface area contributed by atoms with Crippen LogP contribution < -0.4 is 0 Å². The van der Waals surface area contributed by atoms with Crippen molar-refractivity contribution in [1.29, 1.82) is 0 Å². The topological polar surface area (TPSA) is 9.86 Å². The van der Waals surface area contributed by atoms with Gasteiger partial charge in [-0.3, -0.25) is 0 Å². The van der Waals surface area contributed by atoms with Crippen LogP contribution in [0.25, 0.3) is 43.6 Å². The van der Waals surface area contributed by atoms with Crippen LogP contribution in [0.1, 0.15) is 98.3 Å². The molecular weight excluding hydrogens is 508 g/mol. The van der Waals surface area contributed by atoms with Crippen molar-refractivity contribution < 1.29 is 0 Å². The van der Waals surface area contributed by atoms with Gasteiger partial charge in [0.1, 0.15) is 0 Å². The summed E-state index contributed by atoms with van der Waals surface area (Å²) >= 11 is 0. The number of fused-ring (bicyclic) bond motifs is 6. The van der Waals surface area contributed by atoms with Gasteiger partial charge in [-0.1, -0.05) is 70.2 Å². The van der Waals surface area contributed by atoms with Gasteiger partial charge in [-0.05, 0) is 119 Å². The third-order valence-electron chi connectivity index (χ3n) is 9.65. The molecule has 2 nitrogen and oxygen atoms in total. The highest BCUT2D eigenvalue weighted by Crippen LogP contribution is 2.39.